The third-order valence-electron chi connectivity index (χ3n) is 2.25. The first-order chi connectivity index (χ1) is 9.08. The first kappa shape index (κ1) is 14.6. The van der Waals surface area contributed by atoms with Crippen LogP contribution in [0.5, 0.6) is 11.5 Å². The second-order valence-corrected chi connectivity index (χ2v) is 3.51. The quantitative estimate of drug-likeness (QED) is 0.705. The number of ether oxygens (including phenoxy) is 2. The number of amides is 1. The topological polar surface area (TPSA) is 87.7 Å². The molecule has 1 aromatic carbocycles. The summed E-state index contributed by atoms with van der Waals surface area (Å²) in [5, 5.41) is 12.3. The fraction of sp³-hybridized carbons (Fsp3) is 0.231. The van der Waals surface area contributed by atoms with Crippen molar-refractivity contribution in [2.75, 3.05) is 20.8 Å². The number of aliphatic carboxylic acids is 1. The first-order valence-electron chi connectivity index (χ1n) is 5.45. The molecule has 0 aliphatic carbocycles. The summed E-state index contributed by atoms with van der Waals surface area (Å²) in [5.74, 6) is -0.844. The van der Waals surface area contributed by atoms with Crippen molar-refractivity contribution in [1.82, 2.24) is 5.32 Å². The minimum Gasteiger partial charge on any atom is -0.548 e. The van der Waals surface area contributed by atoms with Crippen LogP contribution >= 0.6 is 0 Å². The highest BCUT2D eigenvalue weighted by Gasteiger charge is 2.07. The summed E-state index contributed by atoms with van der Waals surface area (Å²) < 4.78 is 10.3. The summed E-state index contributed by atoms with van der Waals surface area (Å²) in [7, 11) is 3.00. The molecule has 6 nitrogen and oxygen atoms in total. The number of rotatable bonds is 6. The average molecular weight is 264 g/mol. The number of carbonyl (C=O) groups excluding carboxylic acids is 2. The molecule has 0 saturated carbocycles. The molecule has 1 amide bonds. The number of carboxylic acids is 1. The lowest BCUT2D eigenvalue weighted by atomic mass is 10.1. The lowest BCUT2D eigenvalue weighted by Gasteiger charge is -2.09. The number of nitrogens with one attached hydrogen (secondary N) is 1. The van der Waals surface area contributed by atoms with Gasteiger partial charge in [-0.1, -0.05) is 12.1 Å². The highest BCUT2D eigenvalue weighted by Crippen LogP contribution is 2.31. The van der Waals surface area contributed by atoms with Crippen molar-refractivity contribution in [3.05, 3.63) is 29.8 Å². The van der Waals surface area contributed by atoms with Crippen molar-refractivity contribution >= 4 is 18.0 Å². The van der Waals surface area contributed by atoms with Gasteiger partial charge >= 0.3 is 0 Å². The maximum atomic E-state index is 11.3. The van der Waals surface area contributed by atoms with Gasteiger partial charge < -0.3 is 24.7 Å². The molecule has 19 heavy (non-hydrogen) atoms. The molecule has 0 saturated heterocycles. The lowest BCUT2D eigenvalue weighted by molar-refractivity contribution is -0.303. The van der Waals surface area contributed by atoms with Crippen molar-refractivity contribution in [2.45, 2.75) is 0 Å². The van der Waals surface area contributed by atoms with Gasteiger partial charge in [0.05, 0.1) is 26.7 Å². The van der Waals surface area contributed by atoms with Crippen LogP contribution in [0, 0.1) is 0 Å². The van der Waals surface area contributed by atoms with E-state index in [1.807, 2.05) is 0 Å². The van der Waals surface area contributed by atoms with E-state index in [9.17, 15) is 14.7 Å². The number of benzene rings is 1. The molecule has 0 spiro atoms. The van der Waals surface area contributed by atoms with Crippen LogP contribution in [0.25, 0.3) is 6.08 Å². The van der Waals surface area contributed by atoms with Crippen molar-refractivity contribution < 1.29 is 24.2 Å². The minimum atomic E-state index is -1.35. The van der Waals surface area contributed by atoms with E-state index in [4.69, 9.17) is 9.47 Å². The molecule has 0 aliphatic heterocycles. The molecule has 1 aromatic rings. The highest BCUT2D eigenvalue weighted by atomic mass is 16.5. The average Bonchev–Trinajstić information content (AvgIpc) is 2.42. The zero-order valence-corrected chi connectivity index (χ0v) is 10.6. The Bertz CT molecular complexity index is 496. The maximum absolute atomic E-state index is 11.3. The Balaban J connectivity index is 2.81. The molecule has 102 valence electrons. The molecule has 0 atom stereocenters. The van der Waals surface area contributed by atoms with Crippen molar-refractivity contribution in [3.63, 3.8) is 0 Å². The number of carboxylic acid groups (broad SMARTS) is 1. The van der Waals surface area contributed by atoms with Crippen LogP contribution in [-0.4, -0.2) is 32.6 Å². The summed E-state index contributed by atoms with van der Waals surface area (Å²) in [6.07, 6.45) is 2.71. The van der Waals surface area contributed by atoms with Crippen molar-refractivity contribution in [1.29, 1.82) is 0 Å². The number of para-hydroxylation sites is 1. The zero-order chi connectivity index (χ0) is 14.3. The predicted octanol–water partition coefficient (Wildman–Crippen LogP) is -0.417. The number of hydrogen-bond acceptors (Lipinski definition) is 5. The van der Waals surface area contributed by atoms with E-state index in [2.05, 4.69) is 5.32 Å². The van der Waals surface area contributed by atoms with Gasteiger partial charge in [-0.15, -0.1) is 0 Å². The van der Waals surface area contributed by atoms with Gasteiger partial charge in [0.2, 0.25) is 5.91 Å². The smallest absolute Gasteiger partial charge is 0.244 e. The van der Waals surface area contributed by atoms with Gasteiger partial charge in [0, 0.05) is 11.6 Å². The van der Waals surface area contributed by atoms with Crippen LogP contribution in [0.3, 0.4) is 0 Å². The van der Waals surface area contributed by atoms with Gasteiger partial charge in [-0.25, -0.2) is 0 Å². The summed E-state index contributed by atoms with van der Waals surface area (Å²) in [6.45, 7) is -0.529. The highest BCUT2D eigenvalue weighted by molar-refractivity contribution is 5.93. The lowest BCUT2D eigenvalue weighted by Crippen LogP contribution is -2.36. The number of hydrogen-bond donors (Lipinski definition) is 1. The van der Waals surface area contributed by atoms with E-state index < -0.39 is 18.4 Å². The molecule has 6 heteroatoms. The normalized spacial score (nSPS) is 10.2. The first-order valence-corrected chi connectivity index (χ1v) is 5.45. The third kappa shape index (κ3) is 4.34. The van der Waals surface area contributed by atoms with Crippen LogP contribution in [0.15, 0.2) is 24.3 Å². The molecular formula is C13H14NO5-. The van der Waals surface area contributed by atoms with Crippen LogP contribution < -0.4 is 19.9 Å². The Morgan fingerprint density at radius 1 is 1.32 bits per heavy atom. The predicted molar refractivity (Wildman–Crippen MR) is 66.6 cm³/mol. The van der Waals surface area contributed by atoms with E-state index in [1.54, 1.807) is 18.2 Å². The van der Waals surface area contributed by atoms with Gasteiger partial charge in [0.15, 0.2) is 11.5 Å². The molecule has 0 aromatic heterocycles. The summed E-state index contributed by atoms with van der Waals surface area (Å²) in [4.78, 5) is 21.5. The maximum Gasteiger partial charge on any atom is 0.244 e. The van der Waals surface area contributed by atoms with Crippen molar-refractivity contribution in [3.8, 4) is 11.5 Å². The third-order valence-corrected chi connectivity index (χ3v) is 2.25. The van der Waals surface area contributed by atoms with Gasteiger partial charge in [-0.2, -0.15) is 0 Å². The summed E-state index contributed by atoms with van der Waals surface area (Å²) in [5.41, 5.74) is 0.644. The standard InChI is InChI=1S/C13H15NO5/c1-18-10-5-3-4-9(13(10)19-2)6-7-11(15)14-8-12(16)17/h3-7H,8H2,1-2H3,(H,14,15)(H,16,17)/p-1. The fourth-order valence-electron chi connectivity index (χ4n) is 1.43. The Hall–Kier alpha value is -2.50. The monoisotopic (exact) mass is 264 g/mol. The summed E-state index contributed by atoms with van der Waals surface area (Å²) >= 11 is 0. The molecule has 0 aliphatic rings. The second kappa shape index (κ2) is 7.05. The van der Waals surface area contributed by atoms with Gasteiger partial charge in [-0.05, 0) is 12.1 Å². The molecule has 0 heterocycles. The Labute approximate surface area is 110 Å². The molecule has 1 N–H and O–H groups in total. The van der Waals surface area contributed by atoms with E-state index in [-0.39, 0.29) is 0 Å². The van der Waals surface area contributed by atoms with Crippen molar-refractivity contribution in [2.24, 2.45) is 0 Å². The molecule has 0 bridgehead atoms. The Morgan fingerprint density at radius 2 is 2.05 bits per heavy atom. The molecule has 0 fully saturated rings. The van der Waals surface area contributed by atoms with Gasteiger partial charge in [0.1, 0.15) is 0 Å². The van der Waals surface area contributed by atoms with Gasteiger partial charge in [0.25, 0.3) is 0 Å². The zero-order valence-electron chi connectivity index (χ0n) is 10.6. The van der Waals surface area contributed by atoms with E-state index in [0.29, 0.717) is 17.1 Å². The molecule has 1 rings (SSSR count). The molecule has 0 unspecified atom stereocenters. The van der Waals surface area contributed by atoms with E-state index in [1.165, 1.54) is 26.4 Å². The SMILES string of the molecule is COc1cccc(C=CC(=O)NCC(=O)[O-])c1OC. The number of methoxy groups -OCH3 is 2. The Kier molecular flexibility index (Phi) is 5.40. The van der Waals surface area contributed by atoms with E-state index >= 15 is 0 Å². The Morgan fingerprint density at radius 3 is 2.63 bits per heavy atom. The largest absolute Gasteiger partial charge is 0.548 e. The van der Waals surface area contributed by atoms with Crippen LogP contribution in [0.1, 0.15) is 5.56 Å². The van der Waals surface area contributed by atoms with Crippen LogP contribution in [-0.2, 0) is 9.59 Å². The second-order valence-electron chi connectivity index (χ2n) is 3.51. The minimum absolute atomic E-state index is 0.494. The summed E-state index contributed by atoms with van der Waals surface area (Å²) in [6, 6.07) is 5.22. The van der Waals surface area contributed by atoms with Crippen LogP contribution in [0.4, 0.5) is 0 Å². The number of carbonyl (C=O) groups is 2. The molecular weight excluding hydrogens is 250 g/mol. The fourth-order valence-corrected chi connectivity index (χ4v) is 1.43. The molecule has 0 radical (unpaired) electrons. The van der Waals surface area contributed by atoms with Gasteiger partial charge in [-0.3, -0.25) is 4.79 Å². The van der Waals surface area contributed by atoms with E-state index in [0.717, 1.165) is 0 Å². The van der Waals surface area contributed by atoms with Crippen LogP contribution in [0.2, 0.25) is 0 Å².